The van der Waals surface area contributed by atoms with Crippen molar-refractivity contribution in [2.24, 2.45) is 0 Å². The van der Waals surface area contributed by atoms with Gasteiger partial charge in [0, 0.05) is 5.69 Å². The Balaban J connectivity index is 2.58. The minimum Gasteiger partial charge on any atom is -0.391 e. The molecule has 2 N–H and O–H groups in total. The van der Waals surface area contributed by atoms with Gasteiger partial charge in [-0.25, -0.2) is 4.79 Å². The maximum atomic E-state index is 10.6. The van der Waals surface area contributed by atoms with Crippen LogP contribution in [0.5, 0.6) is 0 Å². The van der Waals surface area contributed by atoms with Crippen molar-refractivity contribution >= 4 is 19.7 Å². The Morgan fingerprint density at radius 3 is 2.45 bits per heavy atom. The molecule has 2 amide bonds. The molecule has 2 radical (unpaired) electrons. The number of urea groups is 1. The molecule has 1 aromatic carbocycles. The van der Waals surface area contributed by atoms with E-state index < -0.39 is 6.03 Å². The van der Waals surface area contributed by atoms with Gasteiger partial charge < -0.3 is 10.5 Å². The average molecular weight is 146 g/mol. The van der Waals surface area contributed by atoms with Crippen molar-refractivity contribution in [3.05, 3.63) is 30.3 Å². The number of anilines is 1. The monoisotopic (exact) mass is 146 g/mol. The summed E-state index contributed by atoms with van der Waals surface area (Å²) in [7, 11) is 4.86. The van der Waals surface area contributed by atoms with E-state index in [-0.39, 0.29) is 0 Å². The van der Waals surface area contributed by atoms with E-state index >= 15 is 0 Å². The van der Waals surface area contributed by atoms with Gasteiger partial charge in [0.25, 0.3) is 0 Å². The average Bonchev–Trinajstić information content (AvgIpc) is 2.06. The lowest BCUT2D eigenvalue weighted by Gasteiger charge is -2.02. The van der Waals surface area contributed by atoms with E-state index in [9.17, 15) is 4.79 Å². The lowest BCUT2D eigenvalue weighted by molar-refractivity contribution is 0.257. The molecule has 0 aliphatic carbocycles. The van der Waals surface area contributed by atoms with Gasteiger partial charge in [0.2, 0.25) is 7.98 Å². The summed E-state index contributed by atoms with van der Waals surface area (Å²) < 4.78 is 0. The fourth-order valence-electron chi connectivity index (χ4n) is 0.689. The van der Waals surface area contributed by atoms with Crippen LogP contribution in [-0.4, -0.2) is 14.0 Å². The Labute approximate surface area is 66.2 Å². The third kappa shape index (κ3) is 2.33. The number of rotatable bonds is 1. The van der Waals surface area contributed by atoms with Crippen molar-refractivity contribution in [1.82, 2.24) is 5.23 Å². The molecule has 4 heteroatoms. The van der Waals surface area contributed by atoms with E-state index in [0.717, 1.165) is 5.69 Å². The number of para-hydroxylation sites is 1. The van der Waals surface area contributed by atoms with Gasteiger partial charge in [-0.15, -0.1) is 0 Å². The number of amides is 2. The first-order valence-corrected chi connectivity index (χ1v) is 3.15. The van der Waals surface area contributed by atoms with Crippen molar-refractivity contribution in [1.29, 1.82) is 0 Å². The zero-order valence-electron chi connectivity index (χ0n) is 5.87. The number of hydrogen-bond acceptors (Lipinski definition) is 1. The normalized spacial score (nSPS) is 8.73. The zero-order chi connectivity index (χ0) is 8.10. The van der Waals surface area contributed by atoms with Crippen LogP contribution in [0, 0.1) is 0 Å². The van der Waals surface area contributed by atoms with Crippen LogP contribution in [0.2, 0.25) is 0 Å². The molecule has 0 atom stereocenters. The maximum Gasteiger partial charge on any atom is 0.306 e. The largest absolute Gasteiger partial charge is 0.391 e. The van der Waals surface area contributed by atoms with Crippen LogP contribution in [0.25, 0.3) is 0 Å². The predicted octanol–water partition coefficient (Wildman–Crippen LogP) is 0.892. The molecule has 0 spiro atoms. The molecule has 0 saturated carbocycles. The summed E-state index contributed by atoms with van der Waals surface area (Å²) in [4.78, 5) is 10.6. The van der Waals surface area contributed by atoms with E-state index in [1.165, 1.54) is 0 Å². The third-order valence-electron chi connectivity index (χ3n) is 1.16. The molecule has 0 heterocycles. The van der Waals surface area contributed by atoms with Crippen LogP contribution in [0.4, 0.5) is 10.5 Å². The Morgan fingerprint density at radius 1 is 1.27 bits per heavy atom. The molecule has 3 nitrogen and oxygen atoms in total. The first-order chi connectivity index (χ1) is 5.33. The summed E-state index contributed by atoms with van der Waals surface area (Å²) in [6.45, 7) is 0. The highest BCUT2D eigenvalue weighted by Gasteiger charge is 1.94. The van der Waals surface area contributed by atoms with Crippen LogP contribution in [-0.2, 0) is 0 Å². The predicted molar refractivity (Wildman–Crippen MR) is 44.4 cm³/mol. The second kappa shape index (κ2) is 3.66. The van der Waals surface area contributed by atoms with Crippen LogP contribution in [0.15, 0.2) is 30.3 Å². The van der Waals surface area contributed by atoms with Gasteiger partial charge in [-0.1, -0.05) is 18.2 Å². The SMILES string of the molecule is [B]NC(=O)Nc1ccccc1. The molecular formula is C7H7BN2O. The summed E-state index contributed by atoms with van der Waals surface area (Å²) in [6, 6.07) is 8.64. The van der Waals surface area contributed by atoms with E-state index in [1.807, 2.05) is 23.4 Å². The first-order valence-electron chi connectivity index (χ1n) is 3.15. The number of carbonyl (C=O) groups excluding carboxylic acids is 1. The van der Waals surface area contributed by atoms with E-state index in [0.29, 0.717) is 0 Å². The van der Waals surface area contributed by atoms with Crippen molar-refractivity contribution in [3.63, 3.8) is 0 Å². The van der Waals surface area contributed by atoms with E-state index in [2.05, 4.69) is 5.32 Å². The summed E-state index contributed by atoms with van der Waals surface area (Å²) in [5.74, 6) is 0. The highest BCUT2D eigenvalue weighted by Crippen LogP contribution is 2.03. The Bertz CT molecular complexity index is 237. The molecular weight excluding hydrogens is 139 g/mol. The molecule has 1 aromatic rings. The quantitative estimate of drug-likeness (QED) is 0.567. The van der Waals surface area contributed by atoms with E-state index in [4.69, 9.17) is 7.98 Å². The molecule has 11 heavy (non-hydrogen) atoms. The van der Waals surface area contributed by atoms with Gasteiger partial charge in [-0.2, -0.15) is 0 Å². The molecule has 1 rings (SSSR count). The van der Waals surface area contributed by atoms with Gasteiger partial charge >= 0.3 is 6.03 Å². The highest BCUT2D eigenvalue weighted by atomic mass is 16.2. The highest BCUT2D eigenvalue weighted by molar-refractivity contribution is 6.16. The zero-order valence-corrected chi connectivity index (χ0v) is 5.87. The van der Waals surface area contributed by atoms with E-state index in [1.54, 1.807) is 12.1 Å². The van der Waals surface area contributed by atoms with Crippen LogP contribution in [0.1, 0.15) is 0 Å². The minimum atomic E-state index is -0.420. The standard InChI is InChI=1S/C7H7BN2O/c8-10-7(11)9-6-4-2-1-3-5-6/h1-5H,(H2,9,10,11). The Morgan fingerprint density at radius 2 is 1.91 bits per heavy atom. The Kier molecular flexibility index (Phi) is 2.55. The molecule has 0 aliphatic rings. The summed E-state index contributed by atoms with van der Waals surface area (Å²) in [5, 5.41) is 4.48. The van der Waals surface area contributed by atoms with Crippen molar-refractivity contribution in [2.45, 2.75) is 0 Å². The fraction of sp³-hybridized carbons (Fsp3) is 0. The van der Waals surface area contributed by atoms with Gasteiger partial charge in [-0.3, -0.25) is 0 Å². The maximum absolute atomic E-state index is 10.6. The second-order valence-electron chi connectivity index (χ2n) is 1.96. The third-order valence-corrected chi connectivity index (χ3v) is 1.16. The number of nitrogens with one attached hydrogen (secondary N) is 2. The smallest absolute Gasteiger partial charge is 0.306 e. The van der Waals surface area contributed by atoms with Crippen molar-refractivity contribution < 1.29 is 4.79 Å². The van der Waals surface area contributed by atoms with Crippen molar-refractivity contribution in [3.8, 4) is 0 Å². The molecule has 0 aromatic heterocycles. The molecule has 0 fully saturated rings. The Hall–Kier alpha value is -1.45. The lowest BCUT2D eigenvalue weighted by atomic mass is 10.3. The molecule has 0 bridgehead atoms. The molecule has 54 valence electrons. The van der Waals surface area contributed by atoms with Gasteiger partial charge in [0.1, 0.15) is 0 Å². The summed E-state index contributed by atoms with van der Waals surface area (Å²) >= 11 is 0. The lowest BCUT2D eigenvalue weighted by Crippen LogP contribution is -2.25. The first kappa shape index (κ1) is 7.66. The van der Waals surface area contributed by atoms with Crippen molar-refractivity contribution in [2.75, 3.05) is 5.32 Å². The van der Waals surface area contributed by atoms with Gasteiger partial charge in [0.05, 0.1) is 0 Å². The summed E-state index contributed by atoms with van der Waals surface area (Å²) in [6.07, 6.45) is 0. The van der Waals surface area contributed by atoms with Gasteiger partial charge in [0.15, 0.2) is 0 Å². The number of hydrogen-bond donors (Lipinski definition) is 2. The summed E-state index contributed by atoms with van der Waals surface area (Å²) in [5.41, 5.74) is 0.718. The van der Waals surface area contributed by atoms with Crippen LogP contribution < -0.4 is 10.5 Å². The van der Waals surface area contributed by atoms with Crippen LogP contribution in [0.3, 0.4) is 0 Å². The second-order valence-corrected chi connectivity index (χ2v) is 1.96. The molecule has 0 unspecified atom stereocenters. The van der Waals surface area contributed by atoms with Gasteiger partial charge in [-0.05, 0) is 12.1 Å². The number of carbonyl (C=O) groups is 1. The topological polar surface area (TPSA) is 41.1 Å². The number of benzene rings is 1. The molecule has 0 aliphatic heterocycles. The molecule has 0 saturated heterocycles. The minimum absolute atomic E-state index is 0.420. The fourth-order valence-corrected chi connectivity index (χ4v) is 0.689. The van der Waals surface area contributed by atoms with Crippen LogP contribution >= 0.6 is 0 Å².